The van der Waals surface area contributed by atoms with E-state index in [-0.39, 0.29) is 12.5 Å². The second kappa shape index (κ2) is 9.63. The van der Waals surface area contributed by atoms with Gasteiger partial charge in [-0.25, -0.2) is 9.97 Å². The molecule has 0 amide bonds. The van der Waals surface area contributed by atoms with E-state index in [0.717, 1.165) is 21.5 Å². The number of hydrogen-bond donors (Lipinski definition) is 0. The van der Waals surface area contributed by atoms with Gasteiger partial charge in [-0.2, -0.15) is 0 Å². The number of anilines is 1. The van der Waals surface area contributed by atoms with Gasteiger partial charge in [0, 0.05) is 38.9 Å². The van der Waals surface area contributed by atoms with Crippen LogP contribution in [0.5, 0.6) is 0 Å². The molecule has 9 heteroatoms. The molecule has 0 saturated carbocycles. The van der Waals surface area contributed by atoms with Crippen LogP contribution in [0, 0.1) is 0 Å². The van der Waals surface area contributed by atoms with Crippen molar-refractivity contribution in [3.05, 3.63) is 77.2 Å². The van der Waals surface area contributed by atoms with E-state index >= 15 is 0 Å². The zero-order valence-corrected chi connectivity index (χ0v) is 20.7. The summed E-state index contributed by atoms with van der Waals surface area (Å²) in [5.74, 6) is 0.226. The van der Waals surface area contributed by atoms with Crippen LogP contribution >= 0.6 is 35.1 Å². The molecular weight excluding hydrogens is 479 g/mol. The number of ether oxygens (including phenoxy) is 1. The first-order valence-electron chi connectivity index (χ1n) is 10.2. The summed E-state index contributed by atoms with van der Waals surface area (Å²) in [7, 11) is 0. The second-order valence-electron chi connectivity index (χ2n) is 8.26. The number of esters is 1. The minimum atomic E-state index is -0.591. The fourth-order valence-corrected chi connectivity index (χ4v) is 5.02. The molecule has 0 fully saturated rings. The fraction of sp³-hybridized carbons (Fsp3) is 0.208. The lowest BCUT2D eigenvalue weighted by molar-refractivity contribution is -0.152. The molecule has 6 nitrogen and oxygen atoms in total. The van der Waals surface area contributed by atoms with Gasteiger partial charge in [-0.15, -0.1) is 0 Å². The number of carbonyl (C=O) groups excluding carboxylic acids is 1. The fourth-order valence-electron chi connectivity index (χ4n) is 3.33. The van der Waals surface area contributed by atoms with Crippen molar-refractivity contribution in [3.63, 3.8) is 0 Å². The third kappa shape index (κ3) is 5.79. The van der Waals surface area contributed by atoms with Gasteiger partial charge in [0.2, 0.25) is 5.95 Å². The minimum Gasteiger partial charge on any atom is -0.459 e. The highest BCUT2D eigenvalue weighted by molar-refractivity contribution is 8.00. The second-order valence-corrected chi connectivity index (χ2v) is 10.2. The molecule has 0 aliphatic carbocycles. The largest absolute Gasteiger partial charge is 0.459 e. The molecule has 4 aromatic rings. The Labute approximate surface area is 206 Å². The van der Waals surface area contributed by atoms with Gasteiger partial charge in [0.25, 0.3) is 0 Å². The molecule has 0 N–H and O–H groups in total. The van der Waals surface area contributed by atoms with Crippen LogP contribution in [0.25, 0.3) is 16.9 Å². The Morgan fingerprint density at radius 3 is 2.42 bits per heavy atom. The van der Waals surface area contributed by atoms with E-state index in [1.807, 2.05) is 72.2 Å². The summed E-state index contributed by atoms with van der Waals surface area (Å²) in [5, 5.41) is 1.98. The van der Waals surface area contributed by atoms with Gasteiger partial charge >= 0.3 is 5.97 Å². The number of carbonyl (C=O) groups is 1. The first-order valence-corrected chi connectivity index (χ1v) is 11.7. The van der Waals surface area contributed by atoms with E-state index < -0.39 is 5.60 Å². The van der Waals surface area contributed by atoms with Gasteiger partial charge in [0.1, 0.15) is 12.1 Å². The Morgan fingerprint density at radius 2 is 1.76 bits per heavy atom. The van der Waals surface area contributed by atoms with Crippen LogP contribution in [0.4, 0.5) is 5.69 Å². The van der Waals surface area contributed by atoms with Gasteiger partial charge in [0.05, 0.1) is 11.2 Å². The predicted molar refractivity (Wildman–Crippen MR) is 134 cm³/mol. The predicted octanol–water partition coefficient (Wildman–Crippen LogP) is 6.58. The highest BCUT2D eigenvalue weighted by Crippen LogP contribution is 2.37. The summed E-state index contributed by atoms with van der Waals surface area (Å²) < 4.78 is 9.38. The summed E-state index contributed by atoms with van der Waals surface area (Å²) in [4.78, 5) is 22.3. The molecule has 2 heterocycles. The van der Waals surface area contributed by atoms with Crippen molar-refractivity contribution in [1.29, 1.82) is 0 Å². The number of hydrogen-bond acceptors (Lipinski definition) is 6. The maximum Gasteiger partial charge on any atom is 0.327 e. The Hall–Kier alpha value is -2.74. The van der Waals surface area contributed by atoms with Gasteiger partial charge < -0.3 is 9.04 Å². The van der Waals surface area contributed by atoms with Crippen LogP contribution < -0.4 is 4.31 Å². The average molecular weight is 501 g/mol. The van der Waals surface area contributed by atoms with E-state index in [4.69, 9.17) is 27.9 Å². The van der Waals surface area contributed by atoms with Crippen LogP contribution in [0.15, 0.2) is 72.0 Å². The Kier molecular flexibility index (Phi) is 6.83. The average Bonchev–Trinajstić information content (AvgIpc) is 3.16. The molecule has 0 aliphatic rings. The van der Waals surface area contributed by atoms with Crippen LogP contribution in [-0.4, -0.2) is 32.7 Å². The summed E-state index contributed by atoms with van der Waals surface area (Å²) in [6.07, 6.45) is 5.31. The van der Waals surface area contributed by atoms with Crippen LogP contribution in [0.2, 0.25) is 10.0 Å². The summed E-state index contributed by atoms with van der Waals surface area (Å²) in [6, 6.07) is 14.9. The standard InChI is InChI=1S/C24H22Cl2N4O2S/c1-24(2,3)32-22(31)15-30(33-18-13-16(25)12-17(26)14-18)21-7-4-6-20-19(21)8-11-29(20)23-27-9-5-10-28-23/h4-14H,15H2,1-3H3. The number of benzene rings is 2. The maximum atomic E-state index is 12.8. The number of rotatable bonds is 6. The van der Waals surface area contributed by atoms with E-state index in [9.17, 15) is 4.79 Å². The molecule has 0 bridgehead atoms. The highest BCUT2D eigenvalue weighted by Gasteiger charge is 2.22. The number of aromatic nitrogens is 3. The molecule has 0 saturated heterocycles. The van der Waals surface area contributed by atoms with Gasteiger partial charge in [-0.3, -0.25) is 9.36 Å². The third-order valence-corrected chi connectivity index (χ3v) is 5.92. The topological polar surface area (TPSA) is 60.2 Å². The van der Waals surface area contributed by atoms with Crippen molar-refractivity contribution >= 4 is 57.7 Å². The van der Waals surface area contributed by atoms with Crippen molar-refractivity contribution in [2.24, 2.45) is 0 Å². The normalized spacial score (nSPS) is 11.5. The van der Waals surface area contributed by atoms with Crippen molar-refractivity contribution in [2.75, 3.05) is 10.8 Å². The first-order chi connectivity index (χ1) is 15.7. The zero-order valence-electron chi connectivity index (χ0n) is 18.3. The Morgan fingerprint density at radius 1 is 1.06 bits per heavy atom. The van der Waals surface area contributed by atoms with Gasteiger partial charge in [-0.1, -0.05) is 29.3 Å². The molecule has 0 radical (unpaired) electrons. The summed E-state index contributed by atoms with van der Waals surface area (Å²) in [6.45, 7) is 5.57. The molecule has 2 aromatic heterocycles. The van der Waals surface area contributed by atoms with Crippen LogP contribution in [0.1, 0.15) is 20.8 Å². The number of halogens is 2. The minimum absolute atomic E-state index is 0.0260. The molecule has 170 valence electrons. The molecule has 2 aromatic carbocycles. The Bertz CT molecular complexity index is 1270. The van der Waals surface area contributed by atoms with E-state index in [2.05, 4.69) is 9.97 Å². The number of fused-ring (bicyclic) bond motifs is 1. The molecule has 0 unspecified atom stereocenters. The van der Waals surface area contributed by atoms with Crippen molar-refractivity contribution in [3.8, 4) is 5.95 Å². The summed E-state index contributed by atoms with van der Waals surface area (Å²) in [5.41, 5.74) is 1.17. The molecular formula is C24H22Cl2N4O2S. The SMILES string of the molecule is CC(C)(C)OC(=O)CN(Sc1cc(Cl)cc(Cl)c1)c1cccc2c1ccn2-c1ncccn1. The monoisotopic (exact) mass is 500 g/mol. The van der Waals surface area contributed by atoms with Crippen molar-refractivity contribution in [1.82, 2.24) is 14.5 Å². The van der Waals surface area contributed by atoms with Crippen LogP contribution in [0.3, 0.4) is 0 Å². The lowest BCUT2D eigenvalue weighted by Crippen LogP contribution is -2.31. The molecule has 0 spiro atoms. The Balaban J connectivity index is 1.76. The van der Waals surface area contributed by atoms with Crippen molar-refractivity contribution in [2.45, 2.75) is 31.3 Å². The molecule has 33 heavy (non-hydrogen) atoms. The molecule has 0 aliphatic heterocycles. The van der Waals surface area contributed by atoms with Gasteiger partial charge in [0.15, 0.2) is 0 Å². The van der Waals surface area contributed by atoms with Crippen LogP contribution in [-0.2, 0) is 9.53 Å². The smallest absolute Gasteiger partial charge is 0.327 e. The molecule has 4 rings (SSSR count). The quantitative estimate of drug-likeness (QED) is 0.220. The first kappa shape index (κ1) is 23.4. The van der Waals surface area contributed by atoms with E-state index in [1.54, 1.807) is 24.5 Å². The van der Waals surface area contributed by atoms with Crippen molar-refractivity contribution < 1.29 is 9.53 Å². The van der Waals surface area contributed by atoms with Gasteiger partial charge in [-0.05, 0) is 75.2 Å². The molecule has 0 atom stereocenters. The third-order valence-electron chi connectivity index (χ3n) is 4.49. The number of nitrogens with zero attached hydrogens (tertiary/aromatic N) is 4. The lowest BCUT2D eigenvalue weighted by atomic mass is 10.2. The van der Waals surface area contributed by atoms with E-state index in [1.165, 1.54) is 11.9 Å². The van der Waals surface area contributed by atoms with E-state index in [0.29, 0.717) is 16.0 Å². The highest BCUT2D eigenvalue weighted by atomic mass is 35.5. The summed E-state index contributed by atoms with van der Waals surface area (Å²) >= 11 is 13.8. The zero-order chi connectivity index (χ0) is 23.6. The maximum absolute atomic E-state index is 12.8. The lowest BCUT2D eigenvalue weighted by Gasteiger charge is -2.26.